The van der Waals surface area contributed by atoms with Crippen molar-refractivity contribution in [3.8, 4) is 0 Å². The summed E-state index contributed by atoms with van der Waals surface area (Å²) in [5.41, 5.74) is 1.85. The molecule has 1 aliphatic heterocycles. The highest BCUT2D eigenvalue weighted by Crippen LogP contribution is 2.16. The summed E-state index contributed by atoms with van der Waals surface area (Å²) in [5.74, 6) is -0.190. The van der Waals surface area contributed by atoms with Gasteiger partial charge in [0.25, 0.3) is 11.5 Å². The number of carbonyl (C=O) groups is 2. The summed E-state index contributed by atoms with van der Waals surface area (Å²) in [6, 6.07) is 14.4. The Kier molecular flexibility index (Phi) is 6.44. The van der Waals surface area contributed by atoms with Gasteiger partial charge in [-0.1, -0.05) is 18.2 Å². The molecule has 7 heteroatoms. The number of aromatic nitrogens is 2. The Balaban J connectivity index is 1.36. The molecule has 0 radical (unpaired) electrons. The summed E-state index contributed by atoms with van der Waals surface area (Å²) >= 11 is 0. The molecule has 2 heterocycles. The van der Waals surface area contributed by atoms with Gasteiger partial charge in [-0.3, -0.25) is 14.4 Å². The first kappa shape index (κ1) is 21.5. The average molecular weight is 431 g/mol. The SMILES string of the molecule is Cc1nn(CC(=O)/C=C/Nc2ccc(C(=O)N3CCCCC3)cc2)c(=O)c2ccccc12. The predicted molar refractivity (Wildman–Crippen MR) is 125 cm³/mol. The van der Waals surface area contributed by atoms with Gasteiger partial charge in [-0.05, 0) is 62.6 Å². The van der Waals surface area contributed by atoms with E-state index >= 15 is 0 Å². The zero-order valence-corrected chi connectivity index (χ0v) is 18.1. The molecule has 0 spiro atoms. The lowest BCUT2D eigenvalue weighted by molar-refractivity contribution is -0.115. The Labute approximate surface area is 186 Å². The molecule has 32 heavy (non-hydrogen) atoms. The van der Waals surface area contributed by atoms with Crippen LogP contribution in [0, 0.1) is 6.92 Å². The highest BCUT2D eigenvalue weighted by Gasteiger charge is 2.17. The first-order valence-electron chi connectivity index (χ1n) is 10.8. The number of nitrogens with zero attached hydrogens (tertiary/aromatic N) is 3. The fraction of sp³-hybridized carbons (Fsp3) is 0.280. The van der Waals surface area contributed by atoms with Crippen molar-refractivity contribution in [3.63, 3.8) is 0 Å². The molecule has 1 saturated heterocycles. The molecule has 3 aromatic rings. The van der Waals surface area contributed by atoms with E-state index in [2.05, 4.69) is 10.4 Å². The minimum absolute atomic E-state index is 0.0607. The van der Waals surface area contributed by atoms with Crippen molar-refractivity contribution in [3.05, 3.63) is 82.4 Å². The van der Waals surface area contributed by atoms with E-state index in [9.17, 15) is 14.4 Å². The van der Waals surface area contributed by atoms with Crippen LogP contribution in [0.2, 0.25) is 0 Å². The molecule has 1 fully saturated rings. The summed E-state index contributed by atoms with van der Waals surface area (Å²) in [7, 11) is 0. The third kappa shape index (κ3) is 4.77. The number of hydrogen-bond donors (Lipinski definition) is 1. The average Bonchev–Trinajstić information content (AvgIpc) is 2.83. The lowest BCUT2D eigenvalue weighted by Gasteiger charge is -2.26. The number of carbonyl (C=O) groups excluding carboxylic acids is 2. The van der Waals surface area contributed by atoms with Crippen LogP contribution in [0.3, 0.4) is 0 Å². The zero-order chi connectivity index (χ0) is 22.5. The van der Waals surface area contributed by atoms with E-state index < -0.39 is 0 Å². The number of hydrogen-bond acceptors (Lipinski definition) is 5. The second-order valence-corrected chi connectivity index (χ2v) is 7.97. The van der Waals surface area contributed by atoms with Crippen LogP contribution in [0.1, 0.15) is 35.3 Å². The Bertz CT molecular complexity index is 1220. The maximum atomic E-state index is 12.6. The second kappa shape index (κ2) is 9.60. The van der Waals surface area contributed by atoms with E-state index in [1.165, 1.54) is 23.4 Å². The van der Waals surface area contributed by atoms with Crippen molar-refractivity contribution >= 4 is 28.2 Å². The molecule has 1 amide bonds. The standard InChI is InChI=1S/C25H26N4O3/c1-18-22-7-3-4-8-23(22)25(32)29(27-18)17-21(30)13-14-26-20-11-9-19(10-12-20)24(31)28-15-5-2-6-16-28/h3-4,7-14,26H,2,5-6,15-17H2,1H3/b14-13+. The van der Waals surface area contributed by atoms with Gasteiger partial charge in [0, 0.05) is 35.9 Å². The number of benzene rings is 2. The van der Waals surface area contributed by atoms with E-state index in [1.807, 2.05) is 36.1 Å². The summed E-state index contributed by atoms with van der Waals surface area (Å²) in [6.45, 7) is 3.32. The molecule has 1 aromatic heterocycles. The molecule has 4 rings (SSSR count). The molecular weight excluding hydrogens is 404 g/mol. The Morgan fingerprint density at radius 3 is 2.41 bits per heavy atom. The van der Waals surface area contributed by atoms with Gasteiger partial charge < -0.3 is 10.2 Å². The van der Waals surface area contributed by atoms with Crippen LogP contribution in [0.4, 0.5) is 5.69 Å². The van der Waals surface area contributed by atoms with Crippen LogP contribution < -0.4 is 10.9 Å². The van der Waals surface area contributed by atoms with Crippen LogP contribution in [0.5, 0.6) is 0 Å². The number of anilines is 1. The van der Waals surface area contributed by atoms with E-state index in [-0.39, 0.29) is 23.8 Å². The van der Waals surface area contributed by atoms with Crippen LogP contribution in [-0.2, 0) is 11.3 Å². The van der Waals surface area contributed by atoms with Crippen molar-refractivity contribution in [2.24, 2.45) is 0 Å². The first-order valence-corrected chi connectivity index (χ1v) is 10.8. The summed E-state index contributed by atoms with van der Waals surface area (Å²) in [6.07, 6.45) is 6.21. The molecule has 7 nitrogen and oxygen atoms in total. The third-order valence-electron chi connectivity index (χ3n) is 5.65. The highest BCUT2D eigenvalue weighted by atomic mass is 16.2. The van der Waals surface area contributed by atoms with Crippen LogP contribution in [0.25, 0.3) is 10.8 Å². The third-order valence-corrected chi connectivity index (χ3v) is 5.65. The number of ketones is 1. The minimum atomic E-state index is -0.283. The number of piperidine rings is 1. The molecule has 0 saturated carbocycles. The van der Waals surface area contributed by atoms with E-state index in [0.29, 0.717) is 16.6 Å². The Morgan fingerprint density at radius 2 is 1.69 bits per heavy atom. The van der Waals surface area contributed by atoms with Gasteiger partial charge >= 0.3 is 0 Å². The van der Waals surface area contributed by atoms with Gasteiger partial charge in [-0.25, -0.2) is 4.68 Å². The molecule has 0 bridgehead atoms. The molecular formula is C25H26N4O3. The van der Waals surface area contributed by atoms with E-state index in [1.54, 1.807) is 24.3 Å². The summed E-state index contributed by atoms with van der Waals surface area (Å²) in [4.78, 5) is 39.4. The number of likely N-dealkylation sites (tertiary alicyclic amines) is 1. The van der Waals surface area contributed by atoms with Crippen LogP contribution in [-0.4, -0.2) is 39.5 Å². The molecule has 0 atom stereocenters. The first-order chi connectivity index (χ1) is 15.5. The van der Waals surface area contributed by atoms with E-state index in [4.69, 9.17) is 0 Å². The second-order valence-electron chi connectivity index (χ2n) is 7.97. The van der Waals surface area contributed by atoms with Crippen molar-refractivity contribution in [1.82, 2.24) is 14.7 Å². The van der Waals surface area contributed by atoms with Gasteiger partial charge in [0.1, 0.15) is 6.54 Å². The smallest absolute Gasteiger partial charge is 0.275 e. The molecule has 1 aliphatic rings. The zero-order valence-electron chi connectivity index (χ0n) is 18.1. The highest BCUT2D eigenvalue weighted by molar-refractivity contribution is 5.94. The monoisotopic (exact) mass is 430 g/mol. The number of amides is 1. The number of aryl methyl sites for hydroxylation is 1. The lowest BCUT2D eigenvalue weighted by Crippen LogP contribution is -2.35. The van der Waals surface area contributed by atoms with Gasteiger partial charge in [0.2, 0.25) is 0 Å². The Hall–Kier alpha value is -3.74. The largest absolute Gasteiger partial charge is 0.362 e. The van der Waals surface area contributed by atoms with Gasteiger partial charge in [0.15, 0.2) is 5.78 Å². The normalized spacial score (nSPS) is 14.1. The predicted octanol–water partition coefficient (Wildman–Crippen LogP) is 3.53. The number of nitrogens with one attached hydrogen (secondary N) is 1. The summed E-state index contributed by atoms with van der Waals surface area (Å²) < 4.78 is 1.20. The van der Waals surface area contributed by atoms with E-state index in [0.717, 1.165) is 37.0 Å². The van der Waals surface area contributed by atoms with Gasteiger partial charge in [-0.15, -0.1) is 0 Å². The van der Waals surface area contributed by atoms with Gasteiger partial charge in [-0.2, -0.15) is 5.10 Å². The topological polar surface area (TPSA) is 84.3 Å². The lowest BCUT2D eigenvalue weighted by atomic mass is 10.1. The summed E-state index contributed by atoms with van der Waals surface area (Å²) in [5, 5.41) is 8.64. The molecule has 164 valence electrons. The van der Waals surface area contributed by atoms with Crippen LogP contribution in [0.15, 0.2) is 65.6 Å². The molecule has 1 N–H and O–H groups in total. The maximum absolute atomic E-state index is 12.6. The molecule has 2 aromatic carbocycles. The number of allylic oxidation sites excluding steroid dienone is 1. The maximum Gasteiger partial charge on any atom is 0.275 e. The van der Waals surface area contributed by atoms with Gasteiger partial charge in [0.05, 0.1) is 11.1 Å². The quantitative estimate of drug-likeness (QED) is 0.605. The fourth-order valence-corrected chi connectivity index (χ4v) is 3.93. The number of fused-ring (bicyclic) bond motifs is 1. The minimum Gasteiger partial charge on any atom is -0.362 e. The molecule has 0 unspecified atom stereocenters. The van der Waals surface area contributed by atoms with Crippen LogP contribution >= 0.6 is 0 Å². The van der Waals surface area contributed by atoms with Crippen molar-refractivity contribution in [2.45, 2.75) is 32.7 Å². The number of rotatable bonds is 6. The fourth-order valence-electron chi connectivity index (χ4n) is 3.93. The Morgan fingerprint density at radius 1 is 1.00 bits per heavy atom. The van der Waals surface area contributed by atoms with Crippen molar-refractivity contribution in [1.29, 1.82) is 0 Å². The van der Waals surface area contributed by atoms with Crippen molar-refractivity contribution < 1.29 is 9.59 Å². The van der Waals surface area contributed by atoms with Crippen molar-refractivity contribution in [2.75, 3.05) is 18.4 Å². The molecule has 0 aliphatic carbocycles.